The Morgan fingerprint density at radius 3 is 2.19 bits per heavy atom. The molecule has 0 aromatic heterocycles. The molecule has 21 heavy (non-hydrogen) atoms. The maximum absolute atomic E-state index is 12.7. The number of sulfone groups is 1. The van der Waals surface area contributed by atoms with Crippen LogP contribution in [0.15, 0.2) is 52.3 Å². The van der Waals surface area contributed by atoms with E-state index < -0.39 is 9.84 Å². The standard InChI is InChI=1S/C16H19NO3S/c1-11(2)12-4-7-14(8-5-12)21(18,19)16-10-13(20-3)6-9-15(16)17/h4-11H,17H2,1-3H3. The number of methoxy groups -OCH3 is 1. The minimum absolute atomic E-state index is 0.0687. The molecule has 0 atom stereocenters. The molecule has 2 rings (SSSR count). The van der Waals surface area contributed by atoms with Gasteiger partial charge in [-0.2, -0.15) is 0 Å². The largest absolute Gasteiger partial charge is 0.497 e. The summed E-state index contributed by atoms with van der Waals surface area (Å²) in [6.45, 7) is 4.12. The number of benzene rings is 2. The number of nitrogen functional groups attached to an aromatic ring is 1. The van der Waals surface area contributed by atoms with Crippen molar-refractivity contribution in [2.45, 2.75) is 29.6 Å². The van der Waals surface area contributed by atoms with Gasteiger partial charge in [0.05, 0.1) is 22.6 Å². The highest BCUT2D eigenvalue weighted by atomic mass is 32.2. The summed E-state index contributed by atoms with van der Waals surface area (Å²) in [5, 5.41) is 0. The van der Waals surface area contributed by atoms with E-state index in [1.165, 1.54) is 19.2 Å². The molecule has 0 saturated heterocycles. The zero-order chi connectivity index (χ0) is 15.6. The topological polar surface area (TPSA) is 69.4 Å². The Hall–Kier alpha value is -2.01. The first-order chi connectivity index (χ1) is 9.86. The van der Waals surface area contributed by atoms with Gasteiger partial charge in [-0.1, -0.05) is 26.0 Å². The molecule has 0 bridgehead atoms. The molecule has 0 spiro atoms. The fourth-order valence-corrected chi connectivity index (χ4v) is 3.43. The average Bonchev–Trinajstić information content (AvgIpc) is 2.47. The van der Waals surface area contributed by atoms with Gasteiger partial charge >= 0.3 is 0 Å². The van der Waals surface area contributed by atoms with Gasteiger partial charge in [0.1, 0.15) is 5.75 Å². The zero-order valence-corrected chi connectivity index (χ0v) is 13.1. The van der Waals surface area contributed by atoms with E-state index in [1.807, 2.05) is 12.1 Å². The molecule has 0 aliphatic rings. The van der Waals surface area contributed by atoms with Gasteiger partial charge in [-0.05, 0) is 35.7 Å². The molecule has 0 fully saturated rings. The number of anilines is 1. The molecular weight excluding hydrogens is 286 g/mol. The Balaban J connectivity index is 2.51. The number of ether oxygens (including phenoxy) is 1. The Morgan fingerprint density at radius 2 is 1.67 bits per heavy atom. The highest BCUT2D eigenvalue weighted by molar-refractivity contribution is 7.91. The molecule has 2 aromatic rings. The smallest absolute Gasteiger partial charge is 0.208 e. The van der Waals surface area contributed by atoms with E-state index in [1.54, 1.807) is 18.2 Å². The minimum atomic E-state index is -3.65. The summed E-state index contributed by atoms with van der Waals surface area (Å²) in [6.07, 6.45) is 0. The Morgan fingerprint density at radius 1 is 1.05 bits per heavy atom. The molecule has 0 radical (unpaired) electrons. The summed E-state index contributed by atoms with van der Waals surface area (Å²) in [5.41, 5.74) is 7.11. The predicted molar refractivity (Wildman–Crippen MR) is 83.4 cm³/mol. The lowest BCUT2D eigenvalue weighted by molar-refractivity contribution is 0.413. The van der Waals surface area contributed by atoms with Gasteiger partial charge in [0.15, 0.2) is 0 Å². The molecule has 0 aliphatic heterocycles. The fraction of sp³-hybridized carbons (Fsp3) is 0.250. The monoisotopic (exact) mass is 305 g/mol. The third kappa shape index (κ3) is 3.03. The van der Waals surface area contributed by atoms with Gasteiger partial charge in [-0.15, -0.1) is 0 Å². The van der Waals surface area contributed by atoms with E-state index in [2.05, 4.69) is 13.8 Å². The zero-order valence-electron chi connectivity index (χ0n) is 12.3. The summed E-state index contributed by atoms with van der Waals surface area (Å²) in [7, 11) is -2.16. The van der Waals surface area contributed by atoms with Crippen molar-refractivity contribution in [1.29, 1.82) is 0 Å². The molecule has 0 saturated carbocycles. The van der Waals surface area contributed by atoms with E-state index in [0.29, 0.717) is 11.7 Å². The molecule has 0 unspecified atom stereocenters. The summed E-state index contributed by atoms with van der Waals surface area (Å²) in [6, 6.07) is 11.5. The molecule has 5 heteroatoms. The van der Waals surface area contributed by atoms with Crippen LogP contribution in [0.5, 0.6) is 5.75 Å². The van der Waals surface area contributed by atoms with Crippen molar-refractivity contribution < 1.29 is 13.2 Å². The van der Waals surface area contributed by atoms with Gasteiger partial charge in [-0.25, -0.2) is 8.42 Å². The predicted octanol–water partition coefficient (Wildman–Crippen LogP) is 3.23. The van der Waals surface area contributed by atoms with Crippen LogP contribution in [0.4, 0.5) is 5.69 Å². The molecule has 2 aromatic carbocycles. The third-order valence-corrected chi connectivity index (χ3v) is 5.19. The van der Waals surface area contributed by atoms with Crippen molar-refractivity contribution in [2.75, 3.05) is 12.8 Å². The minimum Gasteiger partial charge on any atom is -0.497 e. The molecule has 0 amide bonds. The normalized spacial score (nSPS) is 11.6. The average molecular weight is 305 g/mol. The van der Waals surface area contributed by atoms with Crippen molar-refractivity contribution in [3.63, 3.8) is 0 Å². The summed E-state index contributed by atoms with van der Waals surface area (Å²) in [5.74, 6) is 0.810. The van der Waals surface area contributed by atoms with Crippen LogP contribution < -0.4 is 10.5 Å². The first kappa shape index (κ1) is 15.4. The Labute approximate surface area is 125 Å². The highest BCUT2D eigenvalue weighted by Crippen LogP contribution is 2.30. The number of nitrogens with two attached hydrogens (primary N) is 1. The first-order valence-electron chi connectivity index (χ1n) is 6.65. The second kappa shape index (κ2) is 5.77. The van der Waals surface area contributed by atoms with Gasteiger partial charge in [-0.3, -0.25) is 0 Å². The number of hydrogen-bond acceptors (Lipinski definition) is 4. The van der Waals surface area contributed by atoms with Gasteiger partial charge in [0, 0.05) is 6.07 Å². The van der Waals surface area contributed by atoms with Crippen LogP contribution in [0.2, 0.25) is 0 Å². The highest BCUT2D eigenvalue weighted by Gasteiger charge is 2.21. The molecular formula is C16H19NO3S. The SMILES string of the molecule is COc1ccc(N)c(S(=O)(=O)c2ccc(C(C)C)cc2)c1. The van der Waals surface area contributed by atoms with Crippen LogP contribution in [0.25, 0.3) is 0 Å². The first-order valence-corrected chi connectivity index (χ1v) is 8.13. The lowest BCUT2D eigenvalue weighted by Gasteiger charge is -2.11. The third-order valence-electron chi connectivity index (χ3n) is 3.37. The number of hydrogen-bond donors (Lipinski definition) is 1. The van der Waals surface area contributed by atoms with E-state index in [-0.39, 0.29) is 15.5 Å². The van der Waals surface area contributed by atoms with Crippen molar-refractivity contribution >= 4 is 15.5 Å². The summed E-state index contributed by atoms with van der Waals surface area (Å²) >= 11 is 0. The van der Waals surface area contributed by atoms with Crippen LogP contribution >= 0.6 is 0 Å². The van der Waals surface area contributed by atoms with Crippen molar-refractivity contribution in [2.24, 2.45) is 0 Å². The fourth-order valence-electron chi connectivity index (χ4n) is 2.03. The second-order valence-corrected chi connectivity index (χ2v) is 7.05. The van der Waals surface area contributed by atoms with E-state index >= 15 is 0 Å². The lowest BCUT2D eigenvalue weighted by Crippen LogP contribution is -2.06. The van der Waals surface area contributed by atoms with E-state index in [9.17, 15) is 8.42 Å². The molecule has 2 N–H and O–H groups in total. The van der Waals surface area contributed by atoms with Crippen LogP contribution in [0.1, 0.15) is 25.3 Å². The van der Waals surface area contributed by atoms with E-state index in [0.717, 1.165) is 5.56 Å². The van der Waals surface area contributed by atoms with Crippen LogP contribution in [-0.4, -0.2) is 15.5 Å². The van der Waals surface area contributed by atoms with Gasteiger partial charge in [0.2, 0.25) is 9.84 Å². The van der Waals surface area contributed by atoms with Crippen LogP contribution in [-0.2, 0) is 9.84 Å². The Bertz CT molecular complexity index is 735. The van der Waals surface area contributed by atoms with Crippen LogP contribution in [0.3, 0.4) is 0 Å². The van der Waals surface area contributed by atoms with Crippen LogP contribution in [0, 0.1) is 0 Å². The molecule has 0 heterocycles. The van der Waals surface area contributed by atoms with Crippen molar-refractivity contribution in [1.82, 2.24) is 0 Å². The molecule has 112 valence electrons. The van der Waals surface area contributed by atoms with E-state index in [4.69, 9.17) is 10.5 Å². The summed E-state index contributed by atoms with van der Waals surface area (Å²) in [4.78, 5) is 0.297. The number of rotatable bonds is 4. The van der Waals surface area contributed by atoms with Gasteiger partial charge in [0.25, 0.3) is 0 Å². The maximum atomic E-state index is 12.7. The molecule has 4 nitrogen and oxygen atoms in total. The van der Waals surface area contributed by atoms with Crippen molar-refractivity contribution in [3.8, 4) is 5.75 Å². The van der Waals surface area contributed by atoms with Crippen molar-refractivity contribution in [3.05, 3.63) is 48.0 Å². The maximum Gasteiger partial charge on any atom is 0.208 e. The second-order valence-electron chi connectivity index (χ2n) is 5.13. The summed E-state index contributed by atoms with van der Waals surface area (Å²) < 4.78 is 30.4. The lowest BCUT2D eigenvalue weighted by atomic mass is 10.0. The van der Waals surface area contributed by atoms with Gasteiger partial charge < -0.3 is 10.5 Å². The molecule has 0 aliphatic carbocycles. The Kier molecular flexibility index (Phi) is 4.23. The quantitative estimate of drug-likeness (QED) is 0.880.